The number of para-hydroxylation sites is 1. The molecule has 0 unspecified atom stereocenters. The van der Waals surface area contributed by atoms with Crippen molar-refractivity contribution in [3.8, 4) is 5.69 Å². The fourth-order valence-corrected chi connectivity index (χ4v) is 2.37. The first kappa shape index (κ1) is 24.2. The van der Waals surface area contributed by atoms with Crippen LogP contribution in [-0.2, 0) is 4.74 Å². The third-order valence-electron chi connectivity index (χ3n) is 3.72. The largest absolute Gasteiger partial charge is 1.00 e. The maximum atomic E-state index is 12.2. The van der Waals surface area contributed by atoms with Gasteiger partial charge in [-0.2, -0.15) is 30.3 Å². The summed E-state index contributed by atoms with van der Waals surface area (Å²) in [5.41, 5.74) is 1.12. The standard InChI is InChI=1S/C14H12N2O.C9H9O2.Li/c1-3-11-10-15-16(14(17)13(11)4-2)12-8-6-5-7-9-12;1-2-11-9(10)8-6-4-3-5-7-8;/h5-10H,1-2H3;3-4,6-7H,2H2,1H3;/q-2;-1;+1. The normalized spacial score (nSPS) is 11.1. The average Bonchev–Trinajstić information content (AvgIpc) is 2.75. The molecule has 5 nitrogen and oxygen atoms in total. The Hall–Kier alpha value is -2.87. The first-order valence-corrected chi connectivity index (χ1v) is 8.78. The second-order valence-corrected chi connectivity index (χ2v) is 5.50. The zero-order chi connectivity index (χ0) is 20.4. The molecule has 0 bridgehead atoms. The van der Waals surface area contributed by atoms with Gasteiger partial charge in [0.15, 0.2) is 0 Å². The van der Waals surface area contributed by atoms with Crippen LogP contribution >= 0.6 is 0 Å². The summed E-state index contributed by atoms with van der Waals surface area (Å²) >= 11 is 0. The summed E-state index contributed by atoms with van der Waals surface area (Å²) in [4.78, 5) is 23.2. The van der Waals surface area contributed by atoms with E-state index in [0.29, 0.717) is 22.6 Å². The molecule has 144 valence electrons. The number of carbonyl (C=O) groups excluding carboxylic acids is 1. The van der Waals surface area contributed by atoms with Crippen LogP contribution in [0.1, 0.15) is 31.1 Å². The van der Waals surface area contributed by atoms with Gasteiger partial charge >= 0.3 is 18.9 Å². The molecular weight excluding hydrogens is 359 g/mol. The van der Waals surface area contributed by atoms with E-state index in [1.807, 2.05) is 30.3 Å². The van der Waals surface area contributed by atoms with Gasteiger partial charge < -0.3 is 9.53 Å². The van der Waals surface area contributed by atoms with Crippen LogP contribution in [0.4, 0.5) is 0 Å². The number of aromatic nitrogens is 2. The molecule has 0 amide bonds. The van der Waals surface area contributed by atoms with Crippen molar-refractivity contribution < 1.29 is 28.4 Å². The van der Waals surface area contributed by atoms with Crippen LogP contribution in [0.25, 0.3) is 17.8 Å². The van der Waals surface area contributed by atoms with Crippen molar-refractivity contribution >= 4 is 18.1 Å². The third kappa shape index (κ3) is 6.60. The van der Waals surface area contributed by atoms with E-state index in [-0.39, 0.29) is 30.4 Å². The molecule has 3 aromatic rings. The van der Waals surface area contributed by atoms with E-state index in [2.05, 4.69) is 23.3 Å². The molecule has 0 N–H and O–H groups in total. The molecule has 3 rings (SSSR count). The number of hydrogen-bond acceptors (Lipinski definition) is 4. The van der Waals surface area contributed by atoms with Crippen LogP contribution in [0.2, 0.25) is 0 Å². The SMILES string of the molecule is CCOC(=O)c1c[c-]ccc1.C[C-]=c1cnn(-c2ccccc2)c(=O)c1=[C-]C.[Li+]. The fraction of sp³-hybridized carbons (Fsp3) is 0.174. The maximum Gasteiger partial charge on any atom is 1.00 e. The minimum atomic E-state index is -0.288. The van der Waals surface area contributed by atoms with E-state index in [0.717, 1.165) is 5.69 Å². The molecule has 0 fully saturated rings. The molecule has 0 saturated heterocycles. The Morgan fingerprint density at radius 1 is 1.14 bits per heavy atom. The smallest absolute Gasteiger partial charge is 0.472 e. The molecule has 2 aromatic carbocycles. The van der Waals surface area contributed by atoms with E-state index in [4.69, 9.17) is 4.74 Å². The van der Waals surface area contributed by atoms with Crippen LogP contribution in [0, 0.1) is 6.07 Å². The van der Waals surface area contributed by atoms with Gasteiger partial charge in [-0.05, 0) is 19.1 Å². The number of hydrogen-bond donors (Lipinski definition) is 0. The van der Waals surface area contributed by atoms with Gasteiger partial charge in [-0.15, -0.1) is 20.0 Å². The second kappa shape index (κ2) is 12.6. The van der Waals surface area contributed by atoms with Crippen LogP contribution < -0.4 is 34.9 Å². The molecule has 1 aromatic heterocycles. The van der Waals surface area contributed by atoms with Crippen molar-refractivity contribution in [3.63, 3.8) is 0 Å². The Balaban J connectivity index is 0.000000306. The Labute approximate surface area is 182 Å². The Bertz CT molecular complexity index is 1080. The summed E-state index contributed by atoms with van der Waals surface area (Å²) in [5.74, 6) is -0.288. The minimum absolute atomic E-state index is 0. The first-order valence-electron chi connectivity index (χ1n) is 8.78. The van der Waals surface area contributed by atoms with Crippen molar-refractivity contribution in [2.75, 3.05) is 6.61 Å². The van der Waals surface area contributed by atoms with E-state index < -0.39 is 0 Å². The number of ether oxygens (including phenoxy) is 1. The average molecular weight is 380 g/mol. The fourth-order valence-electron chi connectivity index (χ4n) is 2.37. The zero-order valence-electron chi connectivity index (χ0n) is 17.1. The van der Waals surface area contributed by atoms with Crippen LogP contribution in [-0.4, -0.2) is 22.4 Å². The van der Waals surface area contributed by atoms with Crippen molar-refractivity contribution in [1.29, 1.82) is 0 Å². The molecule has 0 spiro atoms. The van der Waals surface area contributed by atoms with Gasteiger partial charge in [-0.25, -0.2) is 5.22 Å². The zero-order valence-corrected chi connectivity index (χ0v) is 17.1. The summed E-state index contributed by atoms with van der Waals surface area (Å²) in [6, 6.07) is 18.9. The maximum absolute atomic E-state index is 12.2. The molecule has 0 aliphatic rings. The van der Waals surface area contributed by atoms with Crippen molar-refractivity contribution in [1.82, 2.24) is 9.78 Å². The van der Waals surface area contributed by atoms with Gasteiger partial charge in [0.05, 0.1) is 12.3 Å². The Morgan fingerprint density at radius 3 is 2.41 bits per heavy atom. The second-order valence-electron chi connectivity index (χ2n) is 5.50. The van der Waals surface area contributed by atoms with Gasteiger partial charge in [0, 0.05) is 0 Å². The summed E-state index contributed by atoms with van der Waals surface area (Å²) in [6.07, 6.45) is 7.44. The van der Waals surface area contributed by atoms with E-state index >= 15 is 0 Å². The number of esters is 1. The first-order chi connectivity index (χ1) is 13.6. The van der Waals surface area contributed by atoms with Crippen molar-refractivity contribution in [2.45, 2.75) is 20.8 Å². The molecule has 0 aliphatic heterocycles. The molecule has 6 heteroatoms. The third-order valence-corrected chi connectivity index (χ3v) is 3.72. The molecule has 1 heterocycles. The Kier molecular flexibility index (Phi) is 10.5. The molecule has 29 heavy (non-hydrogen) atoms. The predicted molar refractivity (Wildman–Crippen MR) is 108 cm³/mol. The van der Waals surface area contributed by atoms with Gasteiger partial charge in [-0.1, -0.05) is 23.8 Å². The number of nitrogens with zero attached hydrogens (tertiary/aromatic N) is 2. The van der Waals surface area contributed by atoms with Crippen LogP contribution in [0.3, 0.4) is 0 Å². The van der Waals surface area contributed by atoms with E-state index in [1.54, 1.807) is 51.2 Å². The van der Waals surface area contributed by atoms with Gasteiger partial charge in [0.1, 0.15) is 5.56 Å². The topological polar surface area (TPSA) is 61.2 Å². The van der Waals surface area contributed by atoms with Crippen molar-refractivity contribution in [2.24, 2.45) is 0 Å². The number of rotatable bonds is 3. The van der Waals surface area contributed by atoms with Gasteiger partial charge in [0.2, 0.25) is 0 Å². The molecular formula is C23H21LiN2O3-2. The number of benzene rings is 2. The van der Waals surface area contributed by atoms with Crippen LogP contribution in [0.15, 0.2) is 65.6 Å². The van der Waals surface area contributed by atoms with E-state index in [9.17, 15) is 9.59 Å². The summed E-state index contributed by atoms with van der Waals surface area (Å²) in [6.45, 7) is 5.66. The number of carbonyl (C=O) groups is 1. The van der Waals surface area contributed by atoms with Gasteiger partial charge in [0.25, 0.3) is 5.97 Å². The summed E-state index contributed by atoms with van der Waals surface area (Å²) in [5, 5.41) is 5.32. The Morgan fingerprint density at radius 2 is 1.86 bits per heavy atom. The van der Waals surface area contributed by atoms with Crippen molar-refractivity contribution in [3.05, 3.63) is 93.2 Å². The quantitative estimate of drug-likeness (QED) is 0.341. The monoisotopic (exact) mass is 380 g/mol. The van der Waals surface area contributed by atoms with E-state index in [1.165, 1.54) is 4.68 Å². The predicted octanol–water partition coefficient (Wildman–Crippen LogP) is -0.745. The van der Waals surface area contributed by atoms with Crippen LogP contribution in [0.5, 0.6) is 0 Å². The molecule has 0 atom stereocenters. The van der Waals surface area contributed by atoms with Gasteiger partial charge in [-0.3, -0.25) is 31.9 Å². The summed E-state index contributed by atoms with van der Waals surface area (Å²) < 4.78 is 6.14. The molecule has 0 saturated carbocycles. The molecule has 0 radical (unpaired) electrons. The summed E-state index contributed by atoms with van der Waals surface area (Å²) in [7, 11) is 0. The minimum Gasteiger partial charge on any atom is -0.472 e. The molecule has 0 aliphatic carbocycles.